The molecular weight excluding hydrogens is 407 g/mol. The fourth-order valence-corrected chi connectivity index (χ4v) is 5.21. The summed E-state index contributed by atoms with van der Waals surface area (Å²) < 4.78 is 8.88. The van der Waals surface area contributed by atoms with Crippen LogP contribution in [0.5, 0.6) is 0 Å². The van der Waals surface area contributed by atoms with E-state index in [-0.39, 0.29) is 6.10 Å². The van der Waals surface area contributed by atoms with Gasteiger partial charge in [-0.2, -0.15) is 11.8 Å². The Morgan fingerprint density at radius 1 is 0.759 bits per heavy atom. The van der Waals surface area contributed by atoms with E-state index in [1.165, 1.54) is 108 Å². The summed E-state index contributed by atoms with van der Waals surface area (Å²) in [5.41, 5.74) is 0. The number of unbranched alkanes of at least 4 members (excludes halogenated alkanes) is 13. The molecule has 0 aromatic carbocycles. The van der Waals surface area contributed by atoms with Gasteiger partial charge >= 0.3 is 7.82 Å². The van der Waals surface area contributed by atoms with Crippen LogP contribution in [0.15, 0.2) is 0 Å². The maximum atomic E-state index is 9.69. The summed E-state index contributed by atoms with van der Waals surface area (Å²) in [4.78, 5) is 21.6. The van der Waals surface area contributed by atoms with Crippen molar-refractivity contribution in [2.24, 2.45) is 0 Å². The molecular formula is C22H47O5PS. The predicted octanol–water partition coefficient (Wildman–Crippen LogP) is 6.58. The van der Waals surface area contributed by atoms with Gasteiger partial charge in [0.25, 0.3) is 0 Å². The first-order valence-corrected chi connectivity index (χ1v) is 14.5. The van der Waals surface area contributed by atoms with Gasteiger partial charge in [0.1, 0.15) is 0 Å². The van der Waals surface area contributed by atoms with Crippen molar-refractivity contribution in [3.8, 4) is 0 Å². The molecule has 1 aliphatic rings. The van der Waals surface area contributed by atoms with Crippen molar-refractivity contribution in [2.75, 3.05) is 5.75 Å². The summed E-state index contributed by atoms with van der Waals surface area (Å²) in [5.74, 6) is 1.31. The highest BCUT2D eigenvalue weighted by Gasteiger charge is 2.19. The molecule has 1 saturated carbocycles. The van der Waals surface area contributed by atoms with Crippen molar-refractivity contribution in [1.29, 1.82) is 0 Å². The smallest absolute Gasteiger partial charge is 0.393 e. The first-order chi connectivity index (χ1) is 13.8. The first kappa shape index (κ1) is 29.4. The Hall–Kier alpha value is 0.420. The minimum atomic E-state index is -4.64. The van der Waals surface area contributed by atoms with Crippen molar-refractivity contribution in [3.63, 3.8) is 0 Å². The van der Waals surface area contributed by atoms with E-state index < -0.39 is 7.82 Å². The molecule has 176 valence electrons. The zero-order valence-electron chi connectivity index (χ0n) is 18.6. The summed E-state index contributed by atoms with van der Waals surface area (Å²) in [6.07, 6.45) is 24.8. The van der Waals surface area contributed by atoms with Gasteiger partial charge in [-0.25, -0.2) is 4.57 Å². The molecule has 0 amide bonds. The average molecular weight is 455 g/mol. The molecule has 0 heterocycles. The highest BCUT2D eigenvalue weighted by molar-refractivity contribution is 7.99. The van der Waals surface area contributed by atoms with Crippen molar-refractivity contribution >= 4 is 19.6 Å². The van der Waals surface area contributed by atoms with Gasteiger partial charge in [-0.1, -0.05) is 90.4 Å². The quantitative estimate of drug-likeness (QED) is 0.155. The van der Waals surface area contributed by atoms with E-state index in [4.69, 9.17) is 19.2 Å². The van der Waals surface area contributed by atoms with Crippen LogP contribution in [-0.4, -0.2) is 36.9 Å². The van der Waals surface area contributed by atoms with Crippen LogP contribution >= 0.6 is 19.6 Å². The van der Waals surface area contributed by atoms with Crippen LogP contribution in [0.25, 0.3) is 0 Å². The second-order valence-corrected chi connectivity index (χ2v) is 10.9. The summed E-state index contributed by atoms with van der Waals surface area (Å²) >= 11 is 2.13. The number of aliphatic hydroxyl groups is 1. The van der Waals surface area contributed by atoms with E-state index in [1.54, 1.807) is 0 Å². The molecule has 0 radical (unpaired) electrons. The number of phosphoric acid groups is 1. The second kappa shape index (κ2) is 20.3. The highest BCUT2D eigenvalue weighted by Crippen LogP contribution is 2.29. The molecule has 0 aliphatic heterocycles. The zero-order chi connectivity index (χ0) is 21.8. The Labute approximate surface area is 183 Å². The number of aliphatic hydroxyl groups excluding tert-OH is 1. The maximum absolute atomic E-state index is 9.69. The van der Waals surface area contributed by atoms with E-state index >= 15 is 0 Å². The Bertz CT molecular complexity index is 383. The van der Waals surface area contributed by atoms with Crippen LogP contribution < -0.4 is 0 Å². The minimum Gasteiger partial charge on any atom is -0.393 e. The molecule has 0 aromatic rings. The Morgan fingerprint density at radius 2 is 1.17 bits per heavy atom. The molecule has 4 N–H and O–H groups in total. The van der Waals surface area contributed by atoms with Gasteiger partial charge in [0.2, 0.25) is 0 Å². The van der Waals surface area contributed by atoms with Crippen molar-refractivity contribution in [3.05, 3.63) is 0 Å². The van der Waals surface area contributed by atoms with Crippen molar-refractivity contribution in [1.82, 2.24) is 0 Å². The van der Waals surface area contributed by atoms with E-state index in [0.29, 0.717) is 0 Å². The Kier molecular flexibility index (Phi) is 20.6. The molecule has 0 spiro atoms. The lowest BCUT2D eigenvalue weighted by Gasteiger charge is -2.25. The lowest BCUT2D eigenvalue weighted by molar-refractivity contribution is 0.133. The van der Waals surface area contributed by atoms with Gasteiger partial charge in [0, 0.05) is 5.25 Å². The topological polar surface area (TPSA) is 98.0 Å². The van der Waals surface area contributed by atoms with Crippen molar-refractivity contribution < 1.29 is 24.4 Å². The fourth-order valence-electron chi connectivity index (χ4n) is 3.82. The highest BCUT2D eigenvalue weighted by atomic mass is 32.2. The molecule has 1 aliphatic carbocycles. The van der Waals surface area contributed by atoms with Gasteiger partial charge in [-0.05, 0) is 37.9 Å². The monoisotopic (exact) mass is 454 g/mol. The summed E-state index contributed by atoms with van der Waals surface area (Å²) in [6.45, 7) is 2.29. The third-order valence-corrected chi connectivity index (χ3v) is 6.87. The lowest BCUT2D eigenvalue weighted by atomic mass is 9.97. The molecule has 7 heteroatoms. The number of hydrogen-bond acceptors (Lipinski definition) is 3. The fraction of sp³-hybridized carbons (Fsp3) is 1.00. The molecule has 1 fully saturated rings. The number of thioether (sulfide) groups is 1. The van der Waals surface area contributed by atoms with Gasteiger partial charge in [-0.3, -0.25) is 0 Å². The van der Waals surface area contributed by atoms with Crippen LogP contribution in [0.3, 0.4) is 0 Å². The molecule has 0 aromatic heterocycles. The first-order valence-electron chi connectivity index (χ1n) is 11.9. The van der Waals surface area contributed by atoms with Crippen LogP contribution in [-0.2, 0) is 4.57 Å². The molecule has 29 heavy (non-hydrogen) atoms. The molecule has 2 atom stereocenters. The largest absolute Gasteiger partial charge is 0.466 e. The van der Waals surface area contributed by atoms with Crippen LogP contribution in [0, 0.1) is 0 Å². The lowest BCUT2D eigenvalue weighted by Crippen LogP contribution is -2.21. The van der Waals surface area contributed by atoms with E-state index in [1.807, 2.05) is 0 Å². The average Bonchev–Trinajstić information content (AvgIpc) is 2.63. The second-order valence-electron chi connectivity index (χ2n) is 8.42. The van der Waals surface area contributed by atoms with Crippen LogP contribution in [0.2, 0.25) is 0 Å². The summed E-state index contributed by atoms with van der Waals surface area (Å²) in [5, 5.41) is 10.4. The molecule has 1 rings (SSSR count). The van der Waals surface area contributed by atoms with Gasteiger partial charge in [-0.15, -0.1) is 0 Å². The van der Waals surface area contributed by atoms with Crippen molar-refractivity contribution in [2.45, 2.75) is 134 Å². The Morgan fingerprint density at radius 3 is 1.59 bits per heavy atom. The normalized spacial score (nSPS) is 19.6. The van der Waals surface area contributed by atoms with E-state index in [0.717, 1.165) is 18.1 Å². The summed E-state index contributed by atoms with van der Waals surface area (Å²) in [7, 11) is -4.64. The minimum absolute atomic E-state index is 0.00686. The third kappa shape index (κ3) is 26.4. The SMILES string of the molecule is CCCCCCCCCCCCCCCCS[C@H]1CCC[C@H](O)C1.O=P(O)(O)O. The summed E-state index contributed by atoms with van der Waals surface area (Å²) in [6, 6.07) is 0. The molecule has 0 bridgehead atoms. The van der Waals surface area contributed by atoms with E-state index in [2.05, 4.69) is 18.7 Å². The van der Waals surface area contributed by atoms with E-state index in [9.17, 15) is 5.11 Å². The maximum Gasteiger partial charge on any atom is 0.466 e. The molecule has 0 saturated heterocycles. The van der Waals surface area contributed by atoms with Gasteiger partial charge in [0.15, 0.2) is 0 Å². The predicted molar refractivity (Wildman–Crippen MR) is 125 cm³/mol. The molecule has 5 nitrogen and oxygen atoms in total. The van der Waals surface area contributed by atoms with Gasteiger partial charge < -0.3 is 19.8 Å². The molecule has 0 unspecified atom stereocenters. The third-order valence-electron chi connectivity index (χ3n) is 5.45. The van der Waals surface area contributed by atoms with Crippen LogP contribution in [0.1, 0.15) is 122 Å². The number of rotatable bonds is 16. The Balaban J connectivity index is 0.00000139. The van der Waals surface area contributed by atoms with Gasteiger partial charge in [0.05, 0.1) is 6.10 Å². The zero-order valence-corrected chi connectivity index (χ0v) is 20.4. The van der Waals surface area contributed by atoms with Crippen LogP contribution in [0.4, 0.5) is 0 Å². The standard InChI is InChI=1S/C22H44OS.H3O4P/c1-2-3-4-5-6-7-8-9-10-11-12-13-14-15-19-24-22-18-16-17-21(23)20-22;1-5(2,3)4/h21-23H,2-20H2,1H3;(H3,1,2,3,4)/t21-,22-;/m0./s1. The number of hydrogen-bond donors (Lipinski definition) is 4.